The zero-order valence-electron chi connectivity index (χ0n) is 16.4. The highest BCUT2D eigenvalue weighted by Crippen LogP contribution is 2.21. The van der Waals surface area contributed by atoms with Gasteiger partial charge < -0.3 is 10.4 Å². The van der Waals surface area contributed by atoms with Crippen molar-refractivity contribution in [2.45, 2.75) is 13.8 Å². The smallest absolute Gasteiger partial charge is 0.275 e. The number of aryl methyl sites for hydroxylation is 1. The van der Waals surface area contributed by atoms with Gasteiger partial charge in [-0.1, -0.05) is 48.0 Å². The summed E-state index contributed by atoms with van der Waals surface area (Å²) in [5.74, 6) is -0.871. The molecule has 0 radical (unpaired) electrons. The molecule has 0 heterocycles. The molecule has 0 saturated carbocycles. The molecule has 3 rings (SSSR count). The molecule has 0 saturated heterocycles. The van der Waals surface area contributed by atoms with E-state index in [1.165, 1.54) is 6.07 Å². The van der Waals surface area contributed by atoms with Crippen LogP contribution in [0.25, 0.3) is 0 Å². The fraction of sp³-hybridized carbons (Fsp3) is 0.0870. The number of para-hydroxylation sites is 1. The highest BCUT2D eigenvalue weighted by atomic mass is 35.5. The van der Waals surface area contributed by atoms with Crippen LogP contribution in [0.1, 0.15) is 38.8 Å². The van der Waals surface area contributed by atoms with Gasteiger partial charge in [0.2, 0.25) is 0 Å². The van der Waals surface area contributed by atoms with Crippen molar-refractivity contribution in [1.29, 1.82) is 0 Å². The number of nitrogens with zero attached hydrogens (tertiary/aromatic N) is 1. The van der Waals surface area contributed by atoms with Crippen LogP contribution in [-0.2, 0) is 0 Å². The Labute approximate surface area is 179 Å². The molecule has 0 spiro atoms. The normalized spacial score (nSPS) is 11.1. The van der Waals surface area contributed by atoms with Crippen molar-refractivity contribution in [2.24, 2.45) is 5.10 Å². The number of amides is 2. The number of carbonyl (C=O) groups excluding carboxylic acids is 2. The fourth-order valence-corrected chi connectivity index (χ4v) is 2.96. The summed E-state index contributed by atoms with van der Waals surface area (Å²) in [6, 6.07) is 18.8. The Balaban J connectivity index is 1.66. The Kier molecular flexibility index (Phi) is 6.49. The van der Waals surface area contributed by atoms with Crippen LogP contribution in [0.2, 0.25) is 5.02 Å². The predicted octanol–water partition coefficient (Wildman–Crippen LogP) is 4.76. The topological polar surface area (TPSA) is 90.8 Å². The fourth-order valence-electron chi connectivity index (χ4n) is 2.74. The van der Waals surface area contributed by atoms with Crippen LogP contribution in [0, 0.1) is 6.92 Å². The molecule has 3 aromatic rings. The molecule has 6 nitrogen and oxygen atoms in total. The first-order chi connectivity index (χ1) is 14.4. The van der Waals surface area contributed by atoms with Crippen LogP contribution in [0.3, 0.4) is 0 Å². The maximum absolute atomic E-state index is 12.3. The molecule has 0 bridgehead atoms. The molecule has 2 amide bonds. The lowest BCUT2D eigenvalue weighted by atomic mass is 10.1. The first-order valence-corrected chi connectivity index (χ1v) is 9.54. The average molecular weight is 422 g/mol. The first kappa shape index (κ1) is 21.1. The number of phenols is 1. The van der Waals surface area contributed by atoms with E-state index in [9.17, 15) is 14.7 Å². The maximum atomic E-state index is 12.3. The molecule has 0 aromatic heterocycles. The Morgan fingerprint density at radius 1 is 0.900 bits per heavy atom. The van der Waals surface area contributed by atoms with Crippen molar-refractivity contribution in [3.63, 3.8) is 0 Å². The van der Waals surface area contributed by atoms with Crippen molar-refractivity contribution in [1.82, 2.24) is 5.43 Å². The van der Waals surface area contributed by atoms with Gasteiger partial charge in [-0.05, 0) is 55.3 Å². The second kappa shape index (κ2) is 9.24. The summed E-state index contributed by atoms with van der Waals surface area (Å²) in [5, 5.41) is 17.3. The van der Waals surface area contributed by atoms with Crippen molar-refractivity contribution in [2.75, 3.05) is 5.32 Å². The van der Waals surface area contributed by atoms with Gasteiger partial charge in [-0.15, -0.1) is 0 Å². The van der Waals surface area contributed by atoms with Crippen LogP contribution >= 0.6 is 11.6 Å². The lowest BCUT2D eigenvalue weighted by Crippen LogP contribution is -2.19. The molecular formula is C23H20ClN3O3. The molecule has 152 valence electrons. The Bertz CT molecular complexity index is 1120. The van der Waals surface area contributed by atoms with Crippen LogP contribution in [-0.4, -0.2) is 22.6 Å². The third-order valence-electron chi connectivity index (χ3n) is 4.49. The van der Waals surface area contributed by atoms with Crippen molar-refractivity contribution in [3.05, 3.63) is 94.0 Å². The number of hydrogen-bond donors (Lipinski definition) is 3. The van der Waals surface area contributed by atoms with Crippen LogP contribution in [0.5, 0.6) is 5.75 Å². The quantitative estimate of drug-likeness (QED) is 0.409. The second-order valence-corrected chi connectivity index (χ2v) is 7.03. The average Bonchev–Trinajstić information content (AvgIpc) is 2.74. The molecule has 0 aliphatic rings. The number of hydrogen-bond acceptors (Lipinski definition) is 4. The number of aromatic hydroxyl groups is 1. The van der Waals surface area contributed by atoms with Crippen LogP contribution in [0.15, 0.2) is 71.8 Å². The molecule has 7 heteroatoms. The van der Waals surface area contributed by atoms with Gasteiger partial charge in [0.05, 0.1) is 21.9 Å². The van der Waals surface area contributed by atoms with E-state index in [0.717, 1.165) is 5.56 Å². The summed E-state index contributed by atoms with van der Waals surface area (Å²) in [4.78, 5) is 24.6. The number of carbonyl (C=O) groups is 2. The SMILES string of the molecule is CC(=NNC(=O)c1cccc(C)c1O)c1ccc(NC(=O)c2ccccc2Cl)cc1. The number of anilines is 1. The largest absolute Gasteiger partial charge is 0.507 e. The van der Waals surface area contributed by atoms with E-state index in [1.54, 1.807) is 74.5 Å². The Hall–Kier alpha value is -3.64. The van der Waals surface area contributed by atoms with E-state index in [0.29, 0.717) is 27.5 Å². The van der Waals surface area contributed by atoms with Crippen molar-refractivity contribution >= 4 is 34.8 Å². The number of hydrazone groups is 1. The van der Waals surface area contributed by atoms with E-state index in [1.807, 2.05) is 0 Å². The molecular weight excluding hydrogens is 402 g/mol. The minimum absolute atomic E-state index is 0.0681. The van der Waals surface area contributed by atoms with Gasteiger partial charge in [0.15, 0.2) is 0 Å². The maximum Gasteiger partial charge on any atom is 0.275 e. The lowest BCUT2D eigenvalue weighted by Gasteiger charge is -2.08. The number of nitrogens with one attached hydrogen (secondary N) is 2. The van der Waals surface area contributed by atoms with Gasteiger partial charge >= 0.3 is 0 Å². The second-order valence-electron chi connectivity index (χ2n) is 6.62. The molecule has 3 aromatic carbocycles. The van der Waals surface area contributed by atoms with Crippen molar-refractivity contribution < 1.29 is 14.7 Å². The van der Waals surface area contributed by atoms with E-state index < -0.39 is 5.91 Å². The monoisotopic (exact) mass is 421 g/mol. The zero-order chi connectivity index (χ0) is 21.7. The third kappa shape index (κ3) is 4.85. The lowest BCUT2D eigenvalue weighted by molar-refractivity contribution is 0.0951. The zero-order valence-corrected chi connectivity index (χ0v) is 17.2. The van der Waals surface area contributed by atoms with E-state index in [-0.39, 0.29) is 17.2 Å². The molecule has 0 fully saturated rings. The van der Waals surface area contributed by atoms with E-state index in [4.69, 9.17) is 11.6 Å². The van der Waals surface area contributed by atoms with Gasteiger partial charge in [0, 0.05) is 5.69 Å². The summed E-state index contributed by atoms with van der Waals surface area (Å²) >= 11 is 6.05. The van der Waals surface area contributed by atoms with Crippen molar-refractivity contribution in [3.8, 4) is 5.75 Å². The summed E-state index contributed by atoms with van der Waals surface area (Å²) in [7, 11) is 0. The molecule has 0 aliphatic carbocycles. The van der Waals surface area contributed by atoms with Gasteiger partial charge in [-0.3, -0.25) is 9.59 Å². The Morgan fingerprint density at radius 3 is 2.27 bits per heavy atom. The number of benzene rings is 3. The first-order valence-electron chi connectivity index (χ1n) is 9.16. The highest BCUT2D eigenvalue weighted by Gasteiger charge is 2.12. The molecule has 0 aliphatic heterocycles. The van der Waals surface area contributed by atoms with Gasteiger partial charge in [-0.2, -0.15) is 5.10 Å². The molecule has 0 atom stereocenters. The highest BCUT2D eigenvalue weighted by molar-refractivity contribution is 6.34. The standard InChI is InChI=1S/C23H20ClN3O3/c1-14-6-5-8-19(21(14)28)23(30)27-26-15(2)16-10-12-17(13-11-16)25-22(29)18-7-3-4-9-20(18)24/h3-13,28H,1-2H3,(H,25,29)(H,27,30). The molecule has 3 N–H and O–H groups in total. The van der Waals surface area contributed by atoms with Crippen LogP contribution in [0.4, 0.5) is 5.69 Å². The molecule has 30 heavy (non-hydrogen) atoms. The van der Waals surface area contributed by atoms with Crippen LogP contribution < -0.4 is 10.7 Å². The minimum atomic E-state index is -0.501. The Morgan fingerprint density at radius 2 is 1.57 bits per heavy atom. The van der Waals surface area contributed by atoms with Gasteiger partial charge in [0.1, 0.15) is 5.75 Å². The third-order valence-corrected chi connectivity index (χ3v) is 4.82. The van der Waals surface area contributed by atoms with E-state index in [2.05, 4.69) is 15.8 Å². The summed E-state index contributed by atoms with van der Waals surface area (Å²) < 4.78 is 0. The molecule has 0 unspecified atom stereocenters. The minimum Gasteiger partial charge on any atom is -0.507 e. The van der Waals surface area contributed by atoms with Gasteiger partial charge in [-0.25, -0.2) is 5.43 Å². The number of phenolic OH excluding ortho intramolecular Hbond substituents is 1. The van der Waals surface area contributed by atoms with Gasteiger partial charge in [0.25, 0.3) is 11.8 Å². The van der Waals surface area contributed by atoms with E-state index >= 15 is 0 Å². The number of rotatable bonds is 5. The summed E-state index contributed by atoms with van der Waals surface area (Å²) in [5.41, 5.74) is 5.54. The summed E-state index contributed by atoms with van der Waals surface area (Å²) in [6.45, 7) is 3.46. The summed E-state index contributed by atoms with van der Waals surface area (Å²) in [6.07, 6.45) is 0. The predicted molar refractivity (Wildman–Crippen MR) is 118 cm³/mol. The number of halogens is 1.